The molecule has 3 rings (SSSR count). The van der Waals surface area contributed by atoms with E-state index in [0.29, 0.717) is 13.0 Å². The van der Waals surface area contributed by atoms with Crippen LogP contribution in [0.5, 0.6) is 0 Å². The van der Waals surface area contributed by atoms with Crippen molar-refractivity contribution in [2.45, 2.75) is 12.8 Å². The Kier molecular flexibility index (Phi) is 5.85. The first kappa shape index (κ1) is 18.4. The average molecular weight is 370 g/mol. The Labute approximate surface area is 154 Å². The summed E-state index contributed by atoms with van der Waals surface area (Å²) in [5, 5.41) is 1.14. The molecule has 0 bridgehead atoms. The lowest BCUT2D eigenvalue weighted by Gasteiger charge is -2.32. The average Bonchev–Trinajstić information content (AvgIpc) is 2.67. The van der Waals surface area contributed by atoms with E-state index in [4.69, 9.17) is 0 Å². The molecular weight excluding hydrogens is 348 g/mol. The summed E-state index contributed by atoms with van der Waals surface area (Å²) in [6, 6.07) is 18.7. The fourth-order valence-electron chi connectivity index (χ4n) is 3.00. The van der Waals surface area contributed by atoms with Gasteiger partial charge in [-0.2, -0.15) is 0 Å². The largest absolute Gasteiger partial charge is 0.312 e. The predicted octanol–water partition coefficient (Wildman–Crippen LogP) is 3.02. The van der Waals surface area contributed by atoms with Crippen LogP contribution in [0.4, 0.5) is 5.69 Å². The summed E-state index contributed by atoms with van der Waals surface area (Å²) in [6.45, 7) is 0.781. The number of hydrogen-bond donors (Lipinski definition) is 1. The van der Waals surface area contributed by atoms with Crippen molar-refractivity contribution in [3.05, 3.63) is 71.6 Å². The molecule has 1 aliphatic heterocycles. The second kappa shape index (κ2) is 8.29. The molecule has 0 aromatic heterocycles. The van der Waals surface area contributed by atoms with E-state index < -0.39 is 10.0 Å². The molecule has 6 heteroatoms. The minimum atomic E-state index is -3.59. The summed E-state index contributed by atoms with van der Waals surface area (Å²) in [7, 11) is -3.59. The highest BCUT2D eigenvalue weighted by Gasteiger charge is 2.30. The number of carbonyl (C=O) groups is 1. The molecule has 0 radical (unpaired) electrons. The third-order valence-electron chi connectivity index (χ3n) is 4.39. The van der Waals surface area contributed by atoms with E-state index in [2.05, 4.69) is 4.72 Å². The summed E-state index contributed by atoms with van der Waals surface area (Å²) in [5.74, 6) is -0.374. The predicted molar refractivity (Wildman–Crippen MR) is 104 cm³/mol. The van der Waals surface area contributed by atoms with Crippen molar-refractivity contribution in [2.24, 2.45) is 5.92 Å². The van der Waals surface area contributed by atoms with Gasteiger partial charge in [0.2, 0.25) is 15.9 Å². The number of amides is 1. The lowest BCUT2D eigenvalue weighted by molar-refractivity contribution is -0.123. The molecule has 2 aromatic rings. The molecule has 1 aliphatic rings. The van der Waals surface area contributed by atoms with E-state index in [9.17, 15) is 13.2 Å². The van der Waals surface area contributed by atoms with Gasteiger partial charge in [0.05, 0.1) is 5.92 Å². The van der Waals surface area contributed by atoms with E-state index in [1.807, 2.05) is 60.7 Å². The van der Waals surface area contributed by atoms with Crippen LogP contribution in [0.25, 0.3) is 6.08 Å². The number of para-hydroxylation sites is 1. The molecule has 0 spiro atoms. The van der Waals surface area contributed by atoms with Crippen molar-refractivity contribution >= 4 is 27.7 Å². The van der Waals surface area contributed by atoms with E-state index in [1.54, 1.807) is 11.0 Å². The van der Waals surface area contributed by atoms with Gasteiger partial charge in [0.1, 0.15) is 0 Å². The van der Waals surface area contributed by atoms with Crippen molar-refractivity contribution in [3.63, 3.8) is 0 Å². The zero-order valence-electron chi connectivity index (χ0n) is 14.4. The molecule has 1 amide bonds. The minimum Gasteiger partial charge on any atom is -0.312 e. The van der Waals surface area contributed by atoms with E-state index in [0.717, 1.165) is 23.1 Å². The molecule has 1 unspecified atom stereocenters. The number of hydrogen-bond acceptors (Lipinski definition) is 3. The molecule has 26 heavy (non-hydrogen) atoms. The van der Waals surface area contributed by atoms with Crippen LogP contribution in [0.15, 0.2) is 66.1 Å². The molecular formula is C20H22N2O3S. The van der Waals surface area contributed by atoms with Crippen molar-refractivity contribution in [2.75, 3.05) is 18.0 Å². The molecule has 5 nitrogen and oxygen atoms in total. The smallest absolute Gasteiger partial charge is 0.233 e. The quantitative estimate of drug-likeness (QED) is 0.850. The number of carbonyl (C=O) groups excluding carboxylic acids is 1. The Morgan fingerprint density at radius 3 is 2.38 bits per heavy atom. The first-order valence-corrected chi connectivity index (χ1v) is 10.2. The van der Waals surface area contributed by atoms with Gasteiger partial charge in [0.25, 0.3) is 0 Å². The fraction of sp³-hybridized carbons (Fsp3) is 0.250. The van der Waals surface area contributed by atoms with Crippen LogP contribution in [0.3, 0.4) is 0 Å². The van der Waals surface area contributed by atoms with Crippen LogP contribution in [0.1, 0.15) is 18.4 Å². The van der Waals surface area contributed by atoms with Crippen molar-refractivity contribution in [1.29, 1.82) is 0 Å². The molecule has 1 saturated heterocycles. The Morgan fingerprint density at radius 1 is 1.04 bits per heavy atom. The highest BCUT2D eigenvalue weighted by molar-refractivity contribution is 7.92. The van der Waals surface area contributed by atoms with Crippen LogP contribution in [-0.2, 0) is 14.8 Å². The van der Waals surface area contributed by atoms with Gasteiger partial charge in [0.15, 0.2) is 0 Å². The number of rotatable bonds is 6. The highest BCUT2D eigenvalue weighted by Crippen LogP contribution is 2.24. The van der Waals surface area contributed by atoms with Gasteiger partial charge < -0.3 is 4.90 Å². The number of nitrogens with one attached hydrogen (secondary N) is 1. The number of sulfonamides is 1. The molecule has 1 N–H and O–H groups in total. The normalized spacial score (nSPS) is 18.4. The van der Waals surface area contributed by atoms with Gasteiger partial charge >= 0.3 is 0 Å². The summed E-state index contributed by atoms with van der Waals surface area (Å²) >= 11 is 0. The van der Waals surface area contributed by atoms with Gasteiger partial charge in [-0.3, -0.25) is 4.79 Å². The summed E-state index contributed by atoms with van der Waals surface area (Å²) < 4.78 is 26.9. The maximum Gasteiger partial charge on any atom is 0.233 e. The number of nitrogens with zero attached hydrogens (tertiary/aromatic N) is 1. The third-order valence-corrected chi connectivity index (χ3v) is 5.45. The molecule has 0 aliphatic carbocycles. The SMILES string of the molecule is O=C1C(CNS(=O)(=O)/C=C/c2ccccc2)CCCN1c1ccccc1. The van der Waals surface area contributed by atoms with Crippen molar-refractivity contribution < 1.29 is 13.2 Å². The van der Waals surface area contributed by atoms with Crippen molar-refractivity contribution in [1.82, 2.24) is 4.72 Å². The third kappa shape index (κ3) is 4.80. The zero-order chi connectivity index (χ0) is 18.4. The van der Waals surface area contributed by atoms with E-state index >= 15 is 0 Å². The lowest BCUT2D eigenvalue weighted by atomic mass is 9.97. The number of anilines is 1. The monoisotopic (exact) mass is 370 g/mol. The second-order valence-corrected chi connectivity index (χ2v) is 7.92. The molecule has 1 fully saturated rings. The lowest BCUT2D eigenvalue weighted by Crippen LogP contribution is -2.45. The second-order valence-electron chi connectivity index (χ2n) is 6.27. The fourth-order valence-corrected chi connectivity index (χ4v) is 3.87. The van der Waals surface area contributed by atoms with Crippen LogP contribution in [0.2, 0.25) is 0 Å². The van der Waals surface area contributed by atoms with Gasteiger partial charge in [-0.15, -0.1) is 0 Å². The first-order chi connectivity index (χ1) is 12.6. The number of piperidine rings is 1. The topological polar surface area (TPSA) is 66.5 Å². The van der Waals surface area contributed by atoms with Crippen LogP contribution in [0, 0.1) is 5.92 Å². The maximum atomic E-state index is 12.7. The molecule has 0 saturated carbocycles. The Bertz CT molecular complexity index is 864. The molecule has 2 aromatic carbocycles. The highest BCUT2D eigenvalue weighted by atomic mass is 32.2. The van der Waals surface area contributed by atoms with E-state index in [1.165, 1.54) is 0 Å². The summed E-state index contributed by atoms with van der Waals surface area (Å²) in [4.78, 5) is 14.4. The van der Waals surface area contributed by atoms with Gasteiger partial charge in [-0.25, -0.2) is 13.1 Å². The Morgan fingerprint density at radius 2 is 1.69 bits per heavy atom. The summed E-state index contributed by atoms with van der Waals surface area (Å²) in [6.07, 6.45) is 3.08. The first-order valence-electron chi connectivity index (χ1n) is 8.64. The van der Waals surface area contributed by atoms with Crippen molar-refractivity contribution in [3.8, 4) is 0 Å². The Hall–Kier alpha value is -2.44. The molecule has 1 atom stereocenters. The minimum absolute atomic E-state index is 0.0304. The standard InChI is InChI=1S/C20H22N2O3S/c23-20-18(10-7-14-22(20)19-11-5-2-6-12-19)16-21-26(24,25)15-13-17-8-3-1-4-9-17/h1-6,8-9,11-13,15,18,21H,7,10,14,16H2/b15-13+. The summed E-state index contributed by atoms with van der Waals surface area (Å²) in [5.41, 5.74) is 1.66. The van der Waals surface area contributed by atoms with E-state index in [-0.39, 0.29) is 18.4 Å². The Balaban J connectivity index is 1.61. The maximum absolute atomic E-state index is 12.7. The van der Waals surface area contributed by atoms with Crippen LogP contribution in [-0.4, -0.2) is 27.4 Å². The van der Waals surface area contributed by atoms with Gasteiger partial charge in [-0.1, -0.05) is 48.5 Å². The van der Waals surface area contributed by atoms with Gasteiger partial charge in [0, 0.05) is 24.2 Å². The molecule has 136 valence electrons. The van der Waals surface area contributed by atoms with Crippen LogP contribution >= 0.6 is 0 Å². The molecule has 1 heterocycles. The van der Waals surface area contributed by atoms with Crippen LogP contribution < -0.4 is 9.62 Å². The van der Waals surface area contributed by atoms with Gasteiger partial charge in [-0.05, 0) is 36.6 Å². The zero-order valence-corrected chi connectivity index (χ0v) is 15.2. The number of benzene rings is 2.